The maximum Gasteiger partial charge on any atom is 0.411 e. The van der Waals surface area contributed by atoms with E-state index < -0.39 is 6.09 Å². The van der Waals surface area contributed by atoms with E-state index in [9.17, 15) is 4.79 Å². The first kappa shape index (κ1) is 9.38. The maximum atomic E-state index is 10.9. The number of rotatable bonds is 1. The van der Waals surface area contributed by atoms with Gasteiger partial charge in [-0.05, 0) is 18.6 Å². The van der Waals surface area contributed by atoms with Crippen molar-refractivity contribution >= 4 is 17.5 Å². The van der Waals surface area contributed by atoms with Crippen LogP contribution in [0.4, 0.5) is 16.2 Å². The van der Waals surface area contributed by atoms with Crippen molar-refractivity contribution in [2.45, 2.75) is 6.92 Å². The first-order valence-electron chi connectivity index (χ1n) is 3.85. The highest BCUT2D eigenvalue weighted by molar-refractivity contribution is 5.90. The molecule has 0 fully saturated rings. The van der Waals surface area contributed by atoms with Crippen LogP contribution < -0.4 is 11.1 Å². The second-order valence-corrected chi connectivity index (χ2v) is 2.66. The predicted molar refractivity (Wildman–Crippen MR) is 51.6 cm³/mol. The minimum atomic E-state index is -0.513. The molecule has 1 amide bonds. The summed E-state index contributed by atoms with van der Waals surface area (Å²) in [5.41, 5.74) is 7.70. The monoisotopic (exact) mass is 180 g/mol. The summed E-state index contributed by atoms with van der Waals surface area (Å²) in [7, 11) is 1.31. The highest BCUT2D eigenvalue weighted by atomic mass is 16.5. The van der Waals surface area contributed by atoms with Gasteiger partial charge in [-0.3, -0.25) is 5.32 Å². The van der Waals surface area contributed by atoms with Gasteiger partial charge in [0.15, 0.2) is 0 Å². The van der Waals surface area contributed by atoms with Gasteiger partial charge in [0, 0.05) is 0 Å². The molecule has 3 N–H and O–H groups in total. The number of carbonyl (C=O) groups excluding carboxylic acids is 1. The molecule has 4 nitrogen and oxygen atoms in total. The zero-order valence-electron chi connectivity index (χ0n) is 7.63. The number of hydrogen-bond acceptors (Lipinski definition) is 3. The van der Waals surface area contributed by atoms with Gasteiger partial charge < -0.3 is 10.5 Å². The Hall–Kier alpha value is -1.71. The molecule has 4 heteroatoms. The number of aryl methyl sites for hydroxylation is 1. The summed E-state index contributed by atoms with van der Waals surface area (Å²) in [6, 6.07) is 5.41. The average molecular weight is 180 g/mol. The number of nitrogens with two attached hydrogens (primary N) is 1. The van der Waals surface area contributed by atoms with E-state index in [0.717, 1.165) is 5.56 Å². The first-order valence-corrected chi connectivity index (χ1v) is 3.85. The highest BCUT2D eigenvalue weighted by Crippen LogP contribution is 2.22. The summed E-state index contributed by atoms with van der Waals surface area (Å²) in [6.45, 7) is 1.86. The number of para-hydroxylation sites is 1. The number of hydrogen-bond donors (Lipinski definition) is 2. The number of methoxy groups -OCH3 is 1. The van der Waals surface area contributed by atoms with E-state index in [1.165, 1.54) is 7.11 Å². The molecule has 70 valence electrons. The fourth-order valence-electron chi connectivity index (χ4n) is 1.01. The summed E-state index contributed by atoms with van der Waals surface area (Å²) in [5.74, 6) is 0. The second kappa shape index (κ2) is 3.80. The highest BCUT2D eigenvalue weighted by Gasteiger charge is 2.06. The molecule has 0 atom stereocenters. The third-order valence-electron chi connectivity index (χ3n) is 1.72. The Morgan fingerprint density at radius 3 is 2.77 bits per heavy atom. The number of amides is 1. The van der Waals surface area contributed by atoms with E-state index >= 15 is 0 Å². The van der Waals surface area contributed by atoms with Gasteiger partial charge in [0.2, 0.25) is 0 Å². The molecule has 0 aliphatic carbocycles. The molecule has 0 saturated carbocycles. The molecule has 1 aromatic carbocycles. The molecule has 13 heavy (non-hydrogen) atoms. The summed E-state index contributed by atoms with van der Waals surface area (Å²) in [5, 5.41) is 2.54. The van der Waals surface area contributed by atoms with Crippen LogP contribution in [-0.4, -0.2) is 13.2 Å². The van der Waals surface area contributed by atoms with Crippen molar-refractivity contribution in [3.63, 3.8) is 0 Å². The van der Waals surface area contributed by atoms with Crippen LogP contribution in [0.2, 0.25) is 0 Å². The Morgan fingerprint density at radius 2 is 2.23 bits per heavy atom. The lowest BCUT2D eigenvalue weighted by molar-refractivity contribution is 0.187. The quantitative estimate of drug-likeness (QED) is 0.647. The smallest absolute Gasteiger partial charge is 0.411 e. The number of ether oxygens (including phenoxy) is 1. The summed E-state index contributed by atoms with van der Waals surface area (Å²) in [6.07, 6.45) is -0.513. The molecule has 0 radical (unpaired) electrons. The normalized spacial score (nSPS) is 9.38. The zero-order chi connectivity index (χ0) is 9.84. The summed E-state index contributed by atoms with van der Waals surface area (Å²) < 4.78 is 4.46. The van der Waals surface area contributed by atoms with Crippen molar-refractivity contribution in [2.75, 3.05) is 18.2 Å². The molecular weight excluding hydrogens is 168 g/mol. The number of carbonyl (C=O) groups is 1. The van der Waals surface area contributed by atoms with E-state index in [-0.39, 0.29) is 0 Å². The maximum absolute atomic E-state index is 10.9. The Labute approximate surface area is 76.7 Å². The first-order chi connectivity index (χ1) is 6.15. The number of anilines is 2. The Bertz CT molecular complexity index is 303. The molecule has 0 aliphatic heterocycles. The topological polar surface area (TPSA) is 64.3 Å². The fourth-order valence-corrected chi connectivity index (χ4v) is 1.01. The SMILES string of the molecule is COC(=O)Nc1c(C)cccc1N. The van der Waals surface area contributed by atoms with Gasteiger partial charge in [0.25, 0.3) is 0 Å². The van der Waals surface area contributed by atoms with E-state index in [2.05, 4.69) is 10.1 Å². The molecule has 0 unspecified atom stereocenters. The lowest BCUT2D eigenvalue weighted by Crippen LogP contribution is -2.13. The van der Waals surface area contributed by atoms with E-state index in [1.54, 1.807) is 6.07 Å². The molecule has 0 spiro atoms. The summed E-state index contributed by atoms with van der Waals surface area (Å²) in [4.78, 5) is 10.9. The molecule has 0 bridgehead atoms. The van der Waals surface area contributed by atoms with Crippen molar-refractivity contribution in [2.24, 2.45) is 0 Å². The van der Waals surface area contributed by atoms with Gasteiger partial charge in [-0.25, -0.2) is 4.79 Å². The predicted octanol–water partition coefficient (Wildman–Crippen LogP) is 1.76. The van der Waals surface area contributed by atoms with Gasteiger partial charge in [0.05, 0.1) is 18.5 Å². The van der Waals surface area contributed by atoms with Crippen molar-refractivity contribution in [3.05, 3.63) is 23.8 Å². The van der Waals surface area contributed by atoms with Gasteiger partial charge in [-0.1, -0.05) is 12.1 Å². The minimum Gasteiger partial charge on any atom is -0.453 e. The largest absolute Gasteiger partial charge is 0.453 e. The van der Waals surface area contributed by atoms with Crippen molar-refractivity contribution in [1.82, 2.24) is 0 Å². The van der Waals surface area contributed by atoms with Crippen LogP contribution in [0.15, 0.2) is 18.2 Å². The van der Waals surface area contributed by atoms with Gasteiger partial charge in [0.1, 0.15) is 0 Å². The Balaban J connectivity index is 2.93. The van der Waals surface area contributed by atoms with Crippen LogP contribution in [0, 0.1) is 6.92 Å². The van der Waals surface area contributed by atoms with Crippen LogP contribution in [0.5, 0.6) is 0 Å². The number of benzene rings is 1. The third kappa shape index (κ3) is 2.11. The van der Waals surface area contributed by atoms with E-state index in [0.29, 0.717) is 11.4 Å². The van der Waals surface area contributed by atoms with Crippen LogP contribution in [-0.2, 0) is 4.74 Å². The lowest BCUT2D eigenvalue weighted by atomic mass is 10.2. The average Bonchev–Trinajstić information content (AvgIpc) is 2.11. The number of nitrogen functional groups attached to an aromatic ring is 1. The fraction of sp³-hybridized carbons (Fsp3) is 0.222. The molecule has 1 aromatic rings. The van der Waals surface area contributed by atoms with Crippen LogP contribution in [0.25, 0.3) is 0 Å². The third-order valence-corrected chi connectivity index (χ3v) is 1.72. The molecule has 0 heterocycles. The van der Waals surface area contributed by atoms with Crippen molar-refractivity contribution in [1.29, 1.82) is 0 Å². The van der Waals surface area contributed by atoms with Gasteiger partial charge >= 0.3 is 6.09 Å². The molecule has 0 saturated heterocycles. The van der Waals surface area contributed by atoms with Crippen molar-refractivity contribution < 1.29 is 9.53 Å². The number of nitrogens with one attached hydrogen (secondary N) is 1. The zero-order valence-corrected chi connectivity index (χ0v) is 7.63. The van der Waals surface area contributed by atoms with Gasteiger partial charge in [-0.15, -0.1) is 0 Å². The lowest BCUT2D eigenvalue weighted by Gasteiger charge is -2.09. The standard InChI is InChI=1S/C9H12N2O2/c1-6-4-3-5-7(10)8(6)11-9(12)13-2/h3-5H,10H2,1-2H3,(H,11,12). The molecular formula is C9H12N2O2. The van der Waals surface area contributed by atoms with Crippen LogP contribution >= 0.6 is 0 Å². The van der Waals surface area contributed by atoms with Gasteiger partial charge in [-0.2, -0.15) is 0 Å². The summed E-state index contributed by atoms with van der Waals surface area (Å²) >= 11 is 0. The molecule has 0 aromatic heterocycles. The Morgan fingerprint density at radius 1 is 1.54 bits per heavy atom. The molecule has 0 aliphatic rings. The van der Waals surface area contributed by atoms with Crippen molar-refractivity contribution in [3.8, 4) is 0 Å². The van der Waals surface area contributed by atoms with Crippen LogP contribution in [0.1, 0.15) is 5.56 Å². The van der Waals surface area contributed by atoms with Crippen LogP contribution in [0.3, 0.4) is 0 Å². The van der Waals surface area contributed by atoms with E-state index in [1.807, 2.05) is 19.1 Å². The van der Waals surface area contributed by atoms with E-state index in [4.69, 9.17) is 5.73 Å². The Kier molecular flexibility index (Phi) is 2.74. The minimum absolute atomic E-state index is 0.513. The second-order valence-electron chi connectivity index (χ2n) is 2.66. The molecule has 1 rings (SSSR count).